The Bertz CT molecular complexity index is 303. The summed E-state index contributed by atoms with van der Waals surface area (Å²) in [5.74, 6) is 3.82. The second kappa shape index (κ2) is 9.87. The number of nitrogens with zero attached hydrogens (tertiary/aromatic N) is 1. The molecule has 5 heteroatoms. The molecule has 0 unspecified atom stereocenters. The van der Waals surface area contributed by atoms with Gasteiger partial charge in [0, 0.05) is 26.7 Å². The Morgan fingerprint density at radius 2 is 1.76 bits per heavy atom. The molecule has 2 aliphatic carbocycles. The molecule has 0 saturated heterocycles. The van der Waals surface area contributed by atoms with E-state index < -0.39 is 0 Å². The average Bonchev–Trinajstić information content (AvgIpc) is 3.27. The lowest BCUT2D eigenvalue weighted by atomic mass is 9.98. The van der Waals surface area contributed by atoms with Crippen molar-refractivity contribution >= 4 is 29.9 Å². The fourth-order valence-corrected chi connectivity index (χ4v) is 2.80. The predicted octanol–water partition coefficient (Wildman–Crippen LogP) is 3.02. The molecule has 0 aliphatic heterocycles. The molecular weight excluding hydrogens is 377 g/mol. The molecule has 124 valence electrons. The van der Waals surface area contributed by atoms with Gasteiger partial charge in [0.2, 0.25) is 0 Å². The molecule has 0 heterocycles. The van der Waals surface area contributed by atoms with Crippen LogP contribution in [0.25, 0.3) is 0 Å². The lowest BCUT2D eigenvalue weighted by molar-refractivity contribution is 0.0776. The van der Waals surface area contributed by atoms with Gasteiger partial charge in [-0.25, -0.2) is 0 Å². The number of hydrogen-bond donors (Lipinski definition) is 2. The maximum atomic E-state index is 5.53. The molecule has 0 atom stereocenters. The quantitative estimate of drug-likeness (QED) is 0.266. The summed E-state index contributed by atoms with van der Waals surface area (Å²) in [5, 5.41) is 6.89. The number of nitrogens with one attached hydrogen (secondary N) is 2. The summed E-state index contributed by atoms with van der Waals surface area (Å²) in [7, 11) is 1.85. The summed E-state index contributed by atoms with van der Waals surface area (Å²) >= 11 is 0. The minimum Gasteiger partial charge on any atom is -0.379 e. The fourth-order valence-electron chi connectivity index (χ4n) is 2.80. The Kier molecular flexibility index (Phi) is 8.94. The Balaban J connectivity index is 0.00000220. The summed E-state index contributed by atoms with van der Waals surface area (Å²) in [4.78, 5) is 4.31. The second-order valence-corrected chi connectivity index (χ2v) is 6.49. The minimum absolute atomic E-state index is 0. The molecule has 0 aromatic rings. The molecule has 21 heavy (non-hydrogen) atoms. The molecule has 4 nitrogen and oxygen atoms in total. The first-order chi connectivity index (χ1) is 9.70. The molecule has 2 N–H and O–H groups in total. The van der Waals surface area contributed by atoms with E-state index in [2.05, 4.69) is 29.5 Å². The second-order valence-electron chi connectivity index (χ2n) is 6.49. The number of guanidine groups is 1. The van der Waals surface area contributed by atoms with Gasteiger partial charge in [0.25, 0.3) is 0 Å². The van der Waals surface area contributed by atoms with E-state index >= 15 is 0 Å². The van der Waals surface area contributed by atoms with Crippen molar-refractivity contribution < 1.29 is 4.74 Å². The van der Waals surface area contributed by atoms with Crippen LogP contribution >= 0.6 is 24.0 Å². The van der Waals surface area contributed by atoms with Crippen LogP contribution in [0.4, 0.5) is 0 Å². The Morgan fingerprint density at radius 1 is 1.14 bits per heavy atom. The predicted molar refractivity (Wildman–Crippen MR) is 99.4 cm³/mol. The topological polar surface area (TPSA) is 45.7 Å². The molecular formula is C16H32IN3O. The largest absolute Gasteiger partial charge is 0.379 e. The van der Waals surface area contributed by atoms with Crippen LogP contribution in [-0.2, 0) is 4.74 Å². The third-order valence-corrected chi connectivity index (χ3v) is 4.25. The van der Waals surface area contributed by atoms with Crippen LogP contribution in [0.5, 0.6) is 0 Å². The molecule has 0 aromatic carbocycles. The number of rotatable bonds is 9. The summed E-state index contributed by atoms with van der Waals surface area (Å²) in [6, 6.07) is 0. The SMILES string of the molecule is CN=C(NCCCOC(C)C)NCC(C1CC1)C1CC1.I. The van der Waals surface area contributed by atoms with E-state index in [0.29, 0.717) is 6.10 Å². The van der Waals surface area contributed by atoms with Crippen LogP contribution in [0.1, 0.15) is 46.0 Å². The van der Waals surface area contributed by atoms with Gasteiger partial charge in [-0.3, -0.25) is 4.99 Å². The Labute approximate surface area is 146 Å². The minimum atomic E-state index is 0. The molecule has 2 fully saturated rings. The van der Waals surface area contributed by atoms with Gasteiger partial charge in [-0.2, -0.15) is 0 Å². The van der Waals surface area contributed by atoms with Crippen molar-refractivity contribution in [1.82, 2.24) is 10.6 Å². The monoisotopic (exact) mass is 409 g/mol. The molecule has 0 radical (unpaired) electrons. The molecule has 0 bridgehead atoms. The summed E-state index contributed by atoms with van der Waals surface area (Å²) in [6.07, 6.45) is 7.13. The first-order valence-electron chi connectivity index (χ1n) is 8.26. The zero-order valence-corrected chi connectivity index (χ0v) is 16.1. The van der Waals surface area contributed by atoms with Gasteiger partial charge in [-0.1, -0.05) is 0 Å². The van der Waals surface area contributed by atoms with Crippen molar-refractivity contribution in [3.8, 4) is 0 Å². The van der Waals surface area contributed by atoms with Gasteiger partial charge in [-0.05, 0) is 63.7 Å². The first kappa shape index (κ1) is 19.0. The highest BCUT2D eigenvalue weighted by molar-refractivity contribution is 14.0. The molecule has 0 spiro atoms. The molecule has 2 saturated carbocycles. The van der Waals surface area contributed by atoms with Crippen molar-refractivity contribution in [2.24, 2.45) is 22.7 Å². The highest BCUT2D eigenvalue weighted by Crippen LogP contribution is 2.48. The van der Waals surface area contributed by atoms with Crippen LogP contribution in [0.2, 0.25) is 0 Å². The van der Waals surface area contributed by atoms with Crippen molar-refractivity contribution in [2.75, 3.05) is 26.7 Å². The molecule has 0 aromatic heterocycles. The van der Waals surface area contributed by atoms with Crippen molar-refractivity contribution in [2.45, 2.75) is 52.1 Å². The maximum absolute atomic E-state index is 5.53. The highest BCUT2D eigenvalue weighted by Gasteiger charge is 2.41. The zero-order chi connectivity index (χ0) is 14.4. The molecule has 2 rings (SSSR count). The maximum Gasteiger partial charge on any atom is 0.190 e. The number of hydrogen-bond acceptors (Lipinski definition) is 2. The van der Waals surface area contributed by atoms with Crippen LogP contribution in [-0.4, -0.2) is 38.8 Å². The number of halogens is 1. The van der Waals surface area contributed by atoms with Crippen molar-refractivity contribution in [3.63, 3.8) is 0 Å². The van der Waals surface area contributed by atoms with Crippen molar-refractivity contribution in [3.05, 3.63) is 0 Å². The Morgan fingerprint density at radius 3 is 2.24 bits per heavy atom. The average molecular weight is 409 g/mol. The lowest BCUT2D eigenvalue weighted by Crippen LogP contribution is -2.41. The van der Waals surface area contributed by atoms with Crippen LogP contribution in [0.3, 0.4) is 0 Å². The van der Waals surface area contributed by atoms with Gasteiger partial charge in [0.1, 0.15) is 0 Å². The van der Waals surface area contributed by atoms with Gasteiger partial charge < -0.3 is 15.4 Å². The third kappa shape index (κ3) is 7.68. The van der Waals surface area contributed by atoms with E-state index in [-0.39, 0.29) is 24.0 Å². The van der Waals surface area contributed by atoms with E-state index in [4.69, 9.17) is 4.74 Å². The van der Waals surface area contributed by atoms with Gasteiger partial charge >= 0.3 is 0 Å². The zero-order valence-electron chi connectivity index (χ0n) is 13.7. The van der Waals surface area contributed by atoms with Crippen LogP contribution in [0, 0.1) is 17.8 Å². The highest BCUT2D eigenvalue weighted by atomic mass is 127. The van der Waals surface area contributed by atoms with Gasteiger partial charge in [0.05, 0.1) is 6.10 Å². The molecule has 0 amide bonds. The van der Waals surface area contributed by atoms with E-state index in [1.807, 2.05) is 7.05 Å². The third-order valence-electron chi connectivity index (χ3n) is 4.25. The normalized spacial score (nSPS) is 18.8. The van der Waals surface area contributed by atoms with Crippen LogP contribution < -0.4 is 10.6 Å². The summed E-state index contributed by atoms with van der Waals surface area (Å²) < 4.78 is 5.53. The first-order valence-corrected chi connectivity index (χ1v) is 8.26. The smallest absolute Gasteiger partial charge is 0.190 e. The van der Waals surface area contributed by atoms with E-state index in [1.165, 1.54) is 25.7 Å². The van der Waals surface area contributed by atoms with E-state index in [0.717, 1.165) is 49.8 Å². The van der Waals surface area contributed by atoms with Gasteiger partial charge in [-0.15, -0.1) is 24.0 Å². The number of ether oxygens (including phenoxy) is 1. The Hall–Kier alpha value is -0.0400. The lowest BCUT2D eigenvalue weighted by Gasteiger charge is -2.18. The van der Waals surface area contributed by atoms with Gasteiger partial charge in [0.15, 0.2) is 5.96 Å². The van der Waals surface area contributed by atoms with E-state index in [9.17, 15) is 0 Å². The fraction of sp³-hybridized carbons (Fsp3) is 0.938. The summed E-state index contributed by atoms with van der Waals surface area (Å²) in [6.45, 7) is 6.98. The number of aliphatic imine (C=N–C) groups is 1. The molecule has 2 aliphatic rings. The van der Waals surface area contributed by atoms with Crippen LogP contribution in [0.15, 0.2) is 4.99 Å². The van der Waals surface area contributed by atoms with Crippen molar-refractivity contribution in [1.29, 1.82) is 0 Å². The summed E-state index contributed by atoms with van der Waals surface area (Å²) in [5.41, 5.74) is 0. The standard InChI is InChI=1S/C16H31N3O.HI/c1-12(2)20-10-4-9-18-16(17-3)19-11-15(13-5-6-13)14-7-8-14;/h12-15H,4-11H2,1-3H3,(H2,17,18,19);1H. The van der Waals surface area contributed by atoms with E-state index in [1.54, 1.807) is 0 Å².